The Morgan fingerprint density at radius 3 is 3.16 bits per heavy atom. The van der Waals surface area contributed by atoms with Crippen LogP contribution in [-0.2, 0) is 6.54 Å². The molecule has 1 N–H and O–H groups in total. The molecule has 1 aromatic heterocycles. The predicted octanol–water partition coefficient (Wildman–Crippen LogP) is 3.10. The molecule has 1 aliphatic heterocycles. The lowest BCUT2D eigenvalue weighted by molar-refractivity contribution is 0.305. The first kappa shape index (κ1) is 14.6. The second-order valence-corrected chi connectivity index (χ2v) is 6.39. The minimum absolute atomic E-state index is 0.151. The van der Waals surface area contributed by atoms with Crippen molar-refractivity contribution in [3.05, 3.63) is 21.9 Å². The SMILES string of the molecule is CCCC1CCN(Cc2ccc(C#CCCO)s2)C1. The summed E-state index contributed by atoms with van der Waals surface area (Å²) in [4.78, 5) is 5.09. The Morgan fingerprint density at radius 2 is 2.37 bits per heavy atom. The third-order valence-electron chi connectivity index (χ3n) is 3.56. The zero-order chi connectivity index (χ0) is 13.5. The molecule has 2 heterocycles. The van der Waals surface area contributed by atoms with Crippen molar-refractivity contribution in [2.75, 3.05) is 19.7 Å². The summed E-state index contributed by atoms with van der Waals surface area (Å²) in [5, 5.41) is 8.70. The number of hydrogen-bond acceptors (Lipinski definition) is 3. The molecule has 1 atom stereocenters. The monoisotopic (exact) mass is 277 g/mol. The molecular formula is C16H23NOS. The number of rotatable bonds is 5. The molecule has 1 aliphatic rings. The van der Waals surface area contributed by atoms with Crippen LogP contribution in [0.25, 0.3) is 0 Å². The standard InChI is InChI=1S/C16H23NOS/c1-2-5-14-9-10-17(12-14)13-16-8-7-15(19-16)6-3-4-11-18/h7-8,14,18H,2,4-5,9-13H2,1H3. The number of aliphatic hydroxyl groups is 1. The largest absolute Gasteiger partial charge is 0.395 e. The van der Waals surface area contributed by atoms with E-state index in [-0.39, 0.29) is 6.61 Å². The van der Waals surface area contributed by atoms with E-state index in [0.29, 0.717) is 6.42 Å². The minimum Gasteiger partial charge on any atom is -0.395 e. The number of hydrogen-bond donors (Lipinski definition) is 1. The Kier molecular flexibility index (Phi) is 5.91. The van der Waals surface area contributed by atoms with Crippen molar-refractivity contribution in [1.82, 2.24) is 4.90 Å². The molecule has 0 bridgehead atoms. The Balaban J connectivity index is 1.82. The van der Waals surface area contributed by atoms with E-state index in [1.807, 2.05) is 0 Å². The van der Waals surface area contributed by atoms with Gasteiger partial charge in [0.25, 0.3) is 0 Å². The van der Waals surface area contributed by atoms with Crippen molar-refractivity contribution in [2.24, 2.45) is 5.92 Å². The zero-order valence-corrected chi connectivity index (χ0v) is 12.5. The Hall–Kier alpha value is -0.820. The van der Waals surface area contributed by atoms with E-state index >= 15 is 0 Å². The highest BCUT2D eigenvalue weighted by Crippen LogP contribution is 2.24. The van der Waals surface area contributed by atoms with Gasteiger partial charge in [0.1, 0.15) is 0 Å². The van der Waals surface area contributed by atoms with Crippen molar-refractivity contribution in [2.45, 2.75) is 39.2 Å². The first-order valence-corrected chi connectivity index (χ1v) is 8.04. The highest BCUT2D eigenvalue weighted by Gasteiger charge is 2.21. The molecule has 19 heavy (non-hydrogen) atoms. The molecule has 1 fully saturated rings. The minimum atomic E-state index is 0.151. The Labute approximate surface area is 120 Å². The van der Waals surface area contributed by atoms with Crippen LogP contribution in [0.2, 0.25) is 0 Å². The van der Waals surface area contributed by atoms with Gasteiger partial charge in [-0.2, -0.15) is 0 Å². The summed E-state index contributed by atoms with van der Waals surface area (Å²) in [6.45, 7) is 6.01. The molecule has 0 aliphatic carbocycles. The Bertz CT molecular complexity index is 443. The van der Waals surface area contributed by atoms with E-state index in [1.165, 1.54) is 37.2 Å². The first-order chi connectivity index (χ1) is 9.31. The summed E-state index contributed by atoms with van der Waals surface area (Å²) < 4.78 is 0. The highest BCUT2D eigenvalue weighted by molar-refractivity contribution is 7.12. The lowest BCUT2D eigenvalue weighted by Gasteiger charge is -2.14. The maximum atomic E-state index is 8.70. The van der Waals surface area contributed by atoms with Crippen molar-refractivity contribution in [3.63, 3.8) is 0 Å². The van der Waals surface area contributed by atoms with E-state index in [9.17, 15) is 0 Å². The lowest BCUT2D eigenvalue weighted by atomic mass is 10.0. The van der Waals surface area contributed by atoms with Crippen LogP contribution in [0.1, 0.15) is 42.4 Å². The zero-order valence-electron chi connectivity index (χ0n) is 11.7. The molecule has 1 unspecified atom stereocenters. The molecule has 104 valence electrons. The topological polar surface area (TPSA) is 23.5 Å². The summed E-state index contributed by atoms with van der Waals surface area (Å²) in [5.41, 5.74) is 0. The average Bonchev–Trinajstić information content (AvgIpc) is 3.01. The fourth-order valence-electron chi connectivity index (χ4n) is 2.66. The fourth-order valence-corrected chi connectivity index (χ4v) is 3.58. The predicted molar refractivity (Wildman–Crippen MR) is 81.2 cm³/mol. The Morgan fingerprint density at radius 1 is 1.47 bits per heavy atom. The lowest BCUT2D eigenvalue weighted by Crippen LogP contribution is -2.19. The van der Waals surface area contributed by atoms with Gasteiger partial charge in [0.05, 0.1) is 11.5 Å². The van der Waals surface area contributed by atoms with Gasteiger partial charge in [-0.05, 0) is 37.4 Å². The van der Waals surface area contributed by atoms with Crippen LogP contribution < -0.4 is 0 Å². The van der Waals surface area contributed by atoms with E-state index < -0.39 is 0 Å². The van der Waals surface area contributed by atoms with E-state index in [0.717, 1.165) is 17.3 Å². The molecule has 0 amide bonds. The van der Waals surface area contributed by atoms with Gasteiger partial charge in [-0.3, -0.25) is 4.90 Å². The summed E-state index contributed by atoms with van der Waals surface area (Å²) >= 11 is 1.79. The normalized spacial score (nSPS) is 19.4. The van der Waals surface area contributed by atoms with E-state index in [4.69, 9.17) is 5.11 Å². The third-order valence-corrected chi connectivity index (χ3v) is 4.54. The van der Waals surface area contributed by atoms with Crippen LogP contribution in [0.15, 0.2) is 12.1 Å². The summed E-state index contributed by atoms with van der Waals surface area (Å²) in [7, 11) is 0. The van der Waals surface area contributed by atoms with Crippen LogP contribution in [0.3, 0.4) is 0 Å². The smallest absolute Gasteiger partial charge is 0.0771 e. The van der Waals surface area contributed by atoms with Gasteiger partial charge in [-0.25, -0.2) is 0 Å². The number of likely N-dealkylation sites (tertiary alicyclic amines) is 1. The van der Waals surface area contributed by atoms with Crippen molar-refractivity contribution in [1.29, 1.82) is 0 Å². The number of nitrogens with zero attached hydrogens (tertiary/aromatic N) is 1. The average molecular weight is 277 g/mol. The summed E-state index contributed by atoms with van der Waals surface area (Å²) in [6.07, 6.45) is 4.61. The third kappa shape index (κ3) is 4.65. The van der Waals surface area contributed by atoms with Crippen LogP contribution in [0, 0.1) is 17.8 Å². The molecule has 0 saturated carbocycles. The first-order valence-electron chi connectivity index (χ1n) is 7.22. The molecule has 0 spiro atoms. The van der Waals surface area contributed by atoms with E-state index in [1.54, 1.807) is 11.3 Å². The summed E-state index contributed by atoms with van der Waals surface area (Å²) in [5.74, 6) is 7.00. The maximum Gasteiger partial charge on any atom is 0.0771 e. The van der Waals surface area contributed by atoms with Gasteiger partial charge in [0.2, 0.25) is 0 Å². The molecule has 2 nitrogen and oxygen atoms in total. The van der Waals surface area contributed by atoms with Gasteiger partial charge < -0.3 is 5.11 Å². The summed E-state index contributed by atoms with van der Waals surface area (Å²) in [6, 6.07) is 4.30. The fraction of sp³-hybridized carbons (Fsp3) is 0.625. The molecule has 3 heteroatoms. The molecular weight excluding hydrogens is 254 g/mol. The van der Waals surface area contributed by atoms with E-state index in [2.05, 4.69) is 35.8 Å². The van der Waals surface area contributed by atoms with Gasteiger partial charge in [0.15, 0.2) is 0 Å². The highest BCUT2D eigenvalue weighted by atomic mass is 32.1. The number of aliphatic hydroxyl groups excluding tert-OH is 1. The van der Waals surface area contributed by atoms with Gasteiger partial charge >= 0.3 is 0 Å². The molecule has 1 saturated heterocycles. The second kappa shape index (κ2) is 7.69. The maximum absolute atomic E-state index is 8.70. The number of thiophene rings is 1. The van der Waals surface area contributed by atoms with Crippen LogP contribution in [-0.4, -0.2) is 29.7 Å². The van der Waals surface area contributed by atoms with Gasteiger partial charge in [0, 0.05) is 24.4 Å². The van der Waals surface area contributed by atoms with Crippen LogP contribution in [0.5, 0.6) is 0 Å². The van der Waals surface area contributed by atoms with Crippen LogP contribution in [0.4, 0.5) is 0 Å². The molecule has 2 rings (SSSR count). The quantitative estimate of drug-likeness (QED) is 0.836. The van der Waals surface area contributed by atoms with Crippen molar-refractivity contribution < 1.29 is 5.11 Å². The molecule has 1 aromatic rings. The van der Waals surface area contributed by atoms with Crippen molar-refractivity contribution in [3.8, 4) is 11.8 Å². The second-order valence-electron chi connectivity index (χ2n) is 5.22. The van der Waals surface area contributed by atoms with Crippen LogP contribution >= 0.6 is 11.3 Å². The molecule has 0 aromatic carbocycles. The molecule has 0 radical (unpaired) electrons. The van der Waals surface area contributed by atoms with Gasteiger partial charge in [-0.1, -0.05) is 25.2 Å². The van der Waals surface area contributed by atoms with Crippen molar-refractivity contribution >= 4 is 11.3 Å². The van der Waals surface area contributed by atoms with Gasteiger partial charge in [-0.15, -0.1) is 11.3 Å².